The molecule has 118 valence electrons. The largest absolute Gasteiger partial charge is 0.405 e. The number of imidazole rings is 1. The van der Waals surface area contributed by atoms with Gasteiger partial charge in [0, 0.05) is 24.9 Å². The van der Waals surface area contributed by atoms with Crippen LogP contribution in [0.5, 0.6) is 0 Å². The Morgan fingerprint density at radius 3 is 3.00 bits per heavy atom. The molecule has 1 fully saturated rings. The number of aromatic amines is 1. The number of H-pyrrole nitrogens is 1. The lowest BCUT2D eigenvalue weighted by Crippen LogP contribution is -2.50. The Kier molecular flexibility index (Phi) is 4.87. The van der Waals surface area contributed by atoms with Crippen LogP contribution in [0.2, 0.25) is 0 Å². The predicted octanol–water partition coefficient (Wildman–Crippen LogP) is 1.66. The van der Waals surface area contributed by atoms with Gasteiger partial charge in [0.25, 0.3) is 0 Å². The highest BCUT2D eigenvalue weighted by atomic mass is 19.4. The first-order valence-electron chi connectivity index (χ1n) is 6.94. The van der Waals surface area contributed by atoms with E-state index in [9.17, 15) is 18.0 Å². The Morgan fingerprint density at radius 1 is 1.62 bits per heavy atom. The van der Waals surface area contributed by atoms with E-state index in [1.54, 1.807) is 19.3 Å². The van der Waals surface area contributed by atoms with E-state index < -0.39 is 24.7 Å². The van der Waals surface area contributed by atoms with E-state index in [0.717, 1.165) is 18.7 Å². The molecule has 5 nitrogen and oxygen atoms in total. The van der Waals surface area contributed by atoms with Crippen LogP contribution in [0, 0.1) is 0 Å². The zero-order chi connectivity index (χ0) is 15.5. The second-order valence-electron chi connectivity index (χ2n) is 5.32. The first-order chi connectivity index (χ1) is 9.87. The number of nitrogens with one attached hydrogen (secondary N) is 2. The van der Waals surface area contributed by atoms with Crippen LogP contribution in [-0.2, 0) is 4.79 Å². The minimum absolute atomic E-state index is 0.187. The van der Waals surface area contributed by atoms with Crippen molar-refractivity contribution in [2.24, 2.45) is 0 Å². The molecule has 0 radical (unpaired) electrons. The van der Waals surface area contributed by atoms with Crippen molar-refractivity contribution in [1.29, 1.82) is 0 Å². The van der Waals surface area contributed by atoms with Gasteiger partial charge in [0.1, 0.15) is 12.4 Å². The average Bonchev–Trinajstić information content (AvgIpc) is 2.97. The van der Waals surface area contributed by atoms with Gasteiger partial charge in [-0.15, -0.1) is 0 Å². The van der Waals surface area contributed by atoms with Crippen molar-refractivity contribution in [2.45, 2.75) is 37.9 Å². The Morgan fingerprint density at radius 2 is 2.38 bits per heavy atom. The van der Waals surface area contributed by atoms with Gasteiger partial charge in [-0.05, 0) is 26.3 Å². The first-order valence-corrected chi connectivity index (χ1v) is 6.94. The van der Waals surface area contributed by atoms with Gasteiger partial charge in [0.05, 0.1) is 6.04 Å². The number of carbonyl (C=O) groups excluding carboxylic acids is 1. The van der Waals surface area contributed by atoms with Crippen molar-refractivity contribution < 1.29 is 18.0 Å². The number of amides is 1. The Hall–Kier alpha value is -1.57. The number of nitrogens with zero attached hydrogens (tertiary/aromatic N) is 2. The molecule has 2 rings (SSSR count). The number of hydrogen-bond donors (Lipinski definition) is 2. The Bertz CT molecular complexity index is 460. The third-order valence-corrected chi connectivity index (χ3v) is 3.75. The molecule has 0 aliphatic carbocycles. The van der Waals surface area contributed by atoms with Crippen LogP contribution < -0.4 is 5.32 Å². The quantitative estimate of drug-likeness (QED) is 0.889. The third-order valence-electron chi connectivity index (χ3n) is 3.75. The van der Waals surface area contributed by atoms with Crippen LogP contribution in [0.4, 0.5) is 13.2 Å². The number of piperidine rings is 1. The summed E-state index contributed by atoms with van der Waals surface area (Å²) < 4.78 is 36.4. The summed E-state index contributed by atoms with van der Waals surface area (Å²) in [4.78, 5) is 21.0. The van der Waals surface area contributed by atoms with Gasteiger partial charge in [-0.2, -0.15) is 13.2 Å². The average molecular weight is 304 g/mol. The number of carbonyl (C=O) groups is 1. The van der Waals surface area contributed by atoms with E-state index in [1.807, 2.05) is 10.2 Å². The summed E-state index contributed by atoms with van der Waals surface area (Å²) in [5.41, 5.74) is 0. The lowest BCUT2D eigenvalue weighted by atomic mass is 9.96. The van der Waals surface area contributed by atoms with Crippen molar-refractivity contribution >= 4 is 5.91 Å². The highest BCUT2D eigenvalue weighted by Gasteiger charge is 2.32. The molecule has 1 aliphatic rings. The lowest BCUT2D eigenvalue weighted by molar-refractivity contribution is -0.141. The van der Waals surface area contributed by atoms with Crippen LogP contribution in [0.3, 0.4) is 0 Å². The zero-order valence-electron chi connectivity index (χ0n) is 11.8. The van der Waals surface area contributed by atoms with E-state index in [-0.39, 0.29) is 5.92 Å². The molecule has 2 heterocycles. The lowest BCUT2D eigenvalue weighted by Gasteiger charge is -2.35. The maximum absolute atomic E-state index is 12.1. The molecular formula is C13H19F3N4O. The predicted molar refractivity (Wildman–Crippen MR) is 70.7 cm³/mol. The zero-order valence-corrected chi connectivity index (χ0v) is 11.8. The van der Waals surface area contributed by atoms with Crippen molar-refractivity contribution in [2.75, 3.05) is 19.6 Å². The molecule has 8 heteroatoms. The van der Waals surface area contributed by atoms with E-state index in [1.165, 1.54) is 0 Å². The molecule has 2 N–H and O–H groups in total. The number of hydrogen-bond acceptors (Lipinski definition) is 3. The normalized spacial score (nSPS) is 22.0. The highest BCUT2D eigenvalue weighted by Crippen LogP contribution is 2.25. The number of halogens is 3. The van der Waals surface area contributed by atoms with Crippen LogP contribution in [0.15, 0.2) is 12.4 Å². The molecule has 21 heavy (non-hydrogen) atoms. The third kappa shape index (κ3) is 4.45. The second-order valence-corrected chi connectivity index (χ2v) is 5.32. The van der Waals surface area contributed by atoms with Crippen LogP contribution in [0.1, 0.15) is 31.5 Å². The standard InChI is InChI=1S/C13H19F3N4O/c1-9(12(21)19-8-13(14,15)16)20-6-2-3-10(7-20)11-17-4-5-18-11/h4-5,9-10H,2-3,6-8H2,1H3,(H,17,18)(H,19,21). The fraction of sp³-hybridized carbons (Fsp3) is 0.692. The fourth-order valence-corrected chi connectivity index (χ4v) is 2.58. The summed E-state index contributed by atoms with van der Waals surface area (Å²) in [5.74, 6) is 0.460. The Balaban J connectivity index is 1.89. The van der Waals surface area contributed by atoms with E-state index >= 15 is 0 Å². The number of likely N-dealkylation sites (tertiary alicyclic amines) is 1. The van der Waals surface area contributed by atoms with Crippen molar-refractivity contribution in [3.63, 3.8) is 0 Å². The van der Waals surface area contributed by atoms with Gasteiger partial charge in [-0.25, -0.2) is 4.98 Å². The molecule has 2 atom stereocenters. The summed E-state index contributed by atoms with van der Waals surface area (Å²) in [5, 5.41) is 1.94. The maximum Gasteiger partial charge on any atom is 0.405 e. The van der Waals surface area contributed by atoms with Crippen molar-refractivity contribution in [1.82, 2.24) is 20.2 Å². The fourth-order valence-electron chi connectivity index (χ4n) is 2.58. The Labute approximate surface area is 120 Å². The molecular weight excluding hydrogens is 285 g/mol. The maximum atomic E-state index is 12.1. The molecule has 1 aromatic heterocycles. The van der Waals surface area contributed by atoms with Gasteiger partial charge in [-0.3, -0.25) is 9.69 Å². The molecule has 0 aromatic carbocycles. The number of aromatic nitrogens is 2. The van der Waals surface area contributed by atoms with Gasteiger partial charge in [0.2, 0.25) is 5.91 Å². The molecule has 1 aromatic rings. The van der Waals surface area contributed by atoms with E-state index in [2.05, 4.69) is 9.97 Å². The van der Waals surface area contributed by atoms with Gasteiger partial charge < -0.3 is 10.3 Å². The number of alkyl halides is 3. The minimum Gasteiger partial charge on any atom is -0.348 e. The highest BCUT2D eigenvalue weighted by molar-refractivity contribution is 5.81. The summed E-state index contributed by atoms with van der Waals surface area (Å²) in [6.07, 6.45) is 0.888. The number of rotatable bonds is 4. The monoisotopic (exact) mass is 304 g/mol. The topological polar surface area (TPSA) is 61.0 Å². The van der Waals surface area contributed by atoms with Gasteiger partial charge >= 0.3 is 6.18 Å². The molecule has 0 bridgehead atoms. The minimum atomic E-state index is -4.38. The first kappa shape index (κ1) is 15.8. The summed E-state index contributed by atoms with van der Waals surface area (Å²) in [6, 6.07) is -0.579. The van der Waals surface area contributed by atoms with Gasteiger partial charge in [-0.1, -0.05) is 0 Å². The summed E-state index contributed by atoms with van der Waals surface area (Å²) >= 11 is 0. The van der Waals surface area contributed by atoms with Crippen molar-refractivity contribution in [3.8, 4) is 0 Å². The van der Waals surface area contributed by atoms with Gasteiger partial charge in [0.15, 0.2) is 0 Å². The second kappa shape index (κ2) is 6.46. The molecule has 1 saturated heterocycles. The summed E-state index contributed by atoms with van der Waals surface area (Å²) in [6.45, 7) is 1.67. The smallest absolute Gasteiger partial charge is 0.348 e. The SMILES string of the molecule is CC(C(=O)NCC(F)(F)F)N1CCCC(c2ncc[nH]2)C1. The summed E-state index contributed by atoms with van der Waals surface area (Å²) in [7, 11) is 0. The van der Waals surface area contributed by atoms with E-state index in [0.29, 0.717) is 13.1 Å². The van der Waals surface area contributed by atoms with E-state index in [4.69, 9.17) is 0 Å². The molecule has 0 spiro atoms. The molecule has 2 unspecified atom stereocenters. The van der Waals surface area contributed by atoms with Crippen LogP contribution in [0.25, 0.3) is 0 Å². The molecule has 0 saturated carbocycles. The molecule has 1 amide bonds. The van der Waals surface area contributed by atoms with Crippen LogP contribution >= 0.6 is 0 Å². The van der Waals surface area contributed by atoms with Crippen molar-refractivity contribution in [3.05, 3.63) is 18.2 Å². The molecule has 1 aliphatic heterocycles. The van der Waals surface area contributed by atoms with Crippen LogP contribution in [-0.4, -0.2) is 52.6 Å².